The zero-order chi connectivity index (χ0) is 43.7. The van der Waals surface area contributed by atoms with Gasteiger partial charge >= 0.3 is 0 Å². The highest BCUT2D eigenvalue weighted by Crippen LogP contribution is 2.52. The van der Waals surface area contributed by atoms with Gasteiger partial charge in [-0.3, -0.25) is 0 Å². The summed E-state index contributed by atoms with van der Waals surface area (Å²) in [6, 6.07) is 80.6. The van der Waals surface area contributed by atoms with Crippen molar-refractivity contribution in [2.45, 2.75) is 0 Å². The highest BCUT2D eigenvalue weighted by Gasteiger charge is 2.25. The molecule has 0 N–H and O–H groups in total. The topological polar surface area (TPSA) is 13.1 Å². The summed E-state index contributed by atoms with van der Waals surface area (Å²) < 4.78 is 12.5. The van der Waals surface area contributed by atoms with Crippen molar-refractivity contribution in [1.82, 2.24) is 0 Å². The second kappa shape index (κ2) is 14.2. The zero-order valence-electron chi connectivity index (χ0n) is 36.0. The predicted molar refractivity (Wildman–Crippen MR) is 291 cm³/mol. The number of rotatable bonds is 4. The molecule has 67 heavy (non-hydrogen) atoms. The molecule has 15 rings (SSSR count). The number of benzene rings is 12. The second-order valence-corrected chi connectivity index (χ2v) is 19.8. The van der Waals surface area contributed by atoms with E-state index in [4.69, 9.17) is 4.42 Å². The molecule has 0 aliphatic heterocycles. The average molecular weight is 885 g/mol. The molecule has 0 saturated carbocycles. The number of hydrogen-bond acceptors (Lipinski definition) is 3. The Morgan fingerprint density at radius 1 is 0.239 bits per heavy atom. The number of para-hydroxylation sites is 1. The Kier molecular flexibility index (Phi) is 7.88. The van der Waals surface area contributed by atoms with Crippen molar-refractivity contribution in [1.29, 1.82) is 0 Å². The fourth-order valence-electron chi connectivity index (χ4n) is 11.6. The Balaban J connectivity index is 1.000. The molecule has 0 amide bonds. The van der Waals surface area contributed by atoms with E-state index in [9.17, 15) is 0 Å². The van der Waals surface area contributed by atoms with Crippen molar-refractivity contribution >= 4 is 128 Å². The van der Waals surface area contributed by atoms with Gasteiger partial charge in [0.1, 0.15) is 11.2 Å². The lowest BCUT2D eigenvalue weighted by Crippen LogP contribution is -1.92. The monoisotopic (exact) mass is 884 g/mol. The first-order valence-corrected chi connectivity index (χ1v) is 24.5. The van der Waals surface area contributed by atoms with Gasteiger partial charge in [0.25, 0.3) is 0 Å². The van der Waals surface area contributed by atoms with E-state index in [2.05, 4.69) is 218 Å². The number of hydrogen-bond donors (Lipinski definition) is 0. The van der Waals surface area contributed by atoms with Gasteiger partial charge in [-0.1, -0.05) is 200 Å². The minimum absolute atomic E-state index is 0.883. The van der Waals surface area contributed by atoms with Crippen molar-refractivity contribution in [2.75, 3.05) is 0 Å². The molecule has 0 aliphatic rings. The summed E-state index contributed by atoms with van der Waals surface area (Å²) in [5, 5.41) is 17.3. The third kappa shape index (κ3) is 5.24. The van der Waals surface area contributed by atoms with Gasteiger partial charge < -0.3 is 4.42 Å². The maximum absolute atomic E-state index is 7.20. The summed E-state index contributed by atoms with van der Waals surface area (Å²) in [7, 11) is 0. The summed E-state index contributed by atoms with van der Waals surface area (Å²) in [5.74, 6) is 0. The number of furan rings is 1. The van der Waals surface area contributed by atoms with Crippen LogP contribution in [0.25, 0.3) is 150 Å². The molecule has 1 nitrogen and oxygen atoms in total. The van der Waals surface area contributed by atoms with Crippen molar-refractivity contribution < 1.29 is 4.42 Å². The van der Waals surface area contributed by atoms with Gasteiger partial charge in [0.2, 0.25) is 0 Å². The highest BCUT2D eigenvalue weighted by atomic mass is 32.1. The van der Waals surface area contributed by atoms with Gasteiger partial charge in [-0.15, -0.1) is 22.7 Å². The quantitative estimate of drug-likeness (QED) is 0.161. The van der Waals surface area contributed by atoms with Gasteiger partial charge in [-0.2, -0.15) is 0 Å². The van der Waals surface area contributed by atoms with E-state index in [0.29, 0.717) is 0 Å². The Morgan fingerprint density at radius 2 is 0.552 bits per heavy atom. The largest absolute Gasteiger partial charge is 0.455 e. The van der Waals surface area contributed by atoms with E-state index in [1.807, 2.05) is 22.7 Å². The van der Waals surface area contributed by atoms with Crippen LogP contribution in [0.5, 0.6) is 0 Å². The molecule has 3 heteroatoms. The van der Waals surface area contributed by atoms with Crippen molar-refractivity contribution in [3.05, 3.63) is 218 Å². The van der Waals surface area contributed by atoms with Crippen molar-refractivity contribution in [2.24, 2.45) is 0 Å². The van der Waals surface area contributed by atoms with Crippen LogP contribution in [0.1, 0.15) is 0 Å². The van der Waals surface area contributed by atoms with Crippen molar-refractivity contribution in [3.63, 3.8) is 0 Å². The summed E-state index contributed by atoms with van der Waals surface area (Å²) in [6.07, 6.45) is 0. The van der Waals surface area contributed by atoms with Crippen LogP contribution in [0.15, 0.2) is 223 Å². The molecule has 12 aromatic carbocycles. The first-order valence-electron chi connectivity index (χ1n) is 22.9. The standard InChI is InChI=1S/C64H36OS2/c1-5-23-43-39(19-1)57(40-20-2-6-24-44(40)59(43)52-32-13-27-47-37-17-9-11-35-55(37)66-63(47)52)49-29-16-34-54-61(49)51-31-15-30-50(62(51)65-54)58-41-21-3-7-25-45(41)60(46-26-8-4-22-42(46)58)53-33-14-28-48-38-18-10-12-36-56(38)67-64(48)53/h1-36H. The molecule has 0 saturated heterocycles. The van der Waals surface area contributed by atoms with Gasteiger partial charge in [0.05, 0.1) is 0 Å². The van der Waals surface area contributed by atoms with Crippen LogP contribution in [-0.2, 0) is 0 Å². The summed E-state index contributed by atoms with van der Waals surface area (Å²) in [4.78, 5) is 0. The molecule has 0 atom stereocenters. The molecular weight excluding hydrogens is 849 g/mol. The van der Waals surface area contributed by atoms with Gasteiger partial charge in [0, 0.05) is 73.4 Å². The van der Waals surface area contributed by atoms with E-state index in [1.54, 1.807) is 0 Å². The average Bonchev–Trinajstić information content (AvgIpc) is 4.09. The smallest absolute Gasteiger partial charge is 0.143 e. The summed E-state index contributed by atoms with van der Waals surface area (Å²) >= 11 is 3.79. The Hall–Kier alpha value is -8.08. The van der Waals surface area contributed by atoms with Crippen LogP contribution in [0.4, 0.5) is 0 Å². The molecule has 0 unspecified atom stereocenters. The van der Waals surface area contributed by atoms with E-state index in [-0.39, 0.29) is 0 Å². The molecule has 0 aliphatic carbocycles. The van der Waals surface area contributed by atoms with Gasteiger partial charge in [0.15, 0.2) is 0 Å². The van der Waals surface area contributed by atoms with E-state index >= 15 is 0 Å². The van der Waals surface area contributed by atoms with Crippen LogP contribution < -0.4 is 0 Å². The first kappa shape index (κ1) is 37.2. The maximum atomic E-state index is 7.20. The second-order valence-electron chi connectivity index (χ2n) is 17.7. The van der Waals surface area contributed by atoms with Crippen LogP contribution in [-0.4, -0.2) is 0 Å². The number of thiophene rings is 2. The fourth-order valence-corrected chi connectivity index (χ4v) is 14.0. The molecule has 0 spiro atoms. The maximum Gasteiger partial charge on any atom is 0.143 e. The van der Waals surface area contributed by atoms with Gasteiger partial charge in [-0.25, -0.2) is 0 Å². The molecule has 0 fully saturated rings. The van der Waals surface area contributed by atoms with E-state index < -0.39 is 0 Å². The van der Waals surface area contributed by atoms with Gasteiger partial charge in [-0.05, 0) is 83.5 Å². The van der Waals surface area contributed by atoms with E-state index in [1.165, 1.54) is 122 Å². The van der Waals surface area contributed by atoms with Crippen LogP contribution in [0.2, 0.25) is 0 Å². The highest BCUT2D eigenvalue weighted by molar-refractivity contribution is 7.26. The Bertz CT molecular complexity index is 4470. The lowest BCUT2D eigenvalue weighted by Gasteiger charge is -2.19. The van der Waals surface area contributed by atoms with Crippen LogP contribution in [0, 0.1) is 0 Å². The normalized spacial score (nSPS) is 12.2. The minimum Gasteiger partial charge on any atom is -0.455 e. The lowest BCUT2D eigenvalue weighted by atomic mass is 9.84. The third-order valence-electron chi connectivity index (χ3n) is 14.3. The lowest BCUT2D eigenvalue weighted by molar-refractivity contribution is 0.670. The SMILES string of the molecule is c1cc(-c2c3ccccc3c(-c3cccc4c3sc3ccccc34)c3ccccc23)c2c(c1)oc1c(-c3c4ccccc4c(-c4cccc5c4sc4ccccc45)c4ccccc34)cccc12. The van der Waals surface area contributed by atoms with Crippen LogP contribution in [0.3, 0.4) is 0 Å². The molecular formula is C64H36OS2. The minimum atomic E-state index is 0.883. The van der Waals surface area contributed by atoms with Crippen molar-refractivity contribution in [3.8, 4) is 44.5 Å². The summed E-state index contributed by atoms with van der Waals surface area (Å²) in [5.41, 5.74) is 11.6. The molecule has 3 aromatic heterocycles. The molecule has 310 valence electrons. The molecule has 0 radical (unpaired) electrons. The molecule has 0 bridgehead atoms. The zero-order valence-corrected chi connectivity index (χ0v) is 37.6. The number of fused-ring (bicyclic) bond motifs is 13. The Labute approximate surface area is 393 Å². The van der Waals surface area contributed by atoms with Crippen LogP contribution >= 0.6 is 22.7 Å². The molecule has 3 heterocycles. The molecule has 15 aromatic rings. The fraction of sp³-hybridized carbons (Fsp3) is 0. The first-order chi connectivity index (χ1) is 33.3. The Morgan fingerprint density at radius 3 is 1.00 bits per heavy atom. The third-order valence-corrected chi connectivity index (χ3v) is 16.7. The van der Waals surface area contributed by atoms with E-state index in [0.717, 1.165) is 27.5 Å². The predicted octanol–water partition coefficient (Wildman–Crippen LogP) is 19.6. The summed E-state index contributed by atoms with van der Waals surface area (Å²) in [6.45, 7) is 0.